The number of carbonyl (C=O) groups excluding carboxylic acids is 2. The summed E-state index contributed by atoms with van der Waals surface area (Å²) in [6.45, 7) is 6.66. The van der Waals surface area contributed by atoms with E-state index in [1.54, 1.807) is 4.90 Å². The lowest BCUT2D eigenvalue weighted by Gasteiger charge is -2.32. The minimum atomic E-state index is -0.461. The molecule has 1 saturated carbocycles. The molecule has 2 bridgehead atoms. The van der Waals surface area contributed by atoms with Gasteiger partial charge in [-0.3, -0.25) is 4.79 Å². The van der Waals surface area contributed by atoms with Gasteiger partial charge >= 0.3 is 6.09 Å². The molecule has 90 valence electrons. The molecule has 1 heterocycles. The first-order valence-electron chi connectivity index (χ1n) is 5.88. The molecule has 0 aromatic rings. The number of hydrogen-bond acceptors (Lipinski definition) is 3. The number of likely N-dealkylation sites (tertiary alicyclic amines) is 1. The lowest BCUT2D eigenvalue weighted by atomic mass is 9.97. The average Bonchev–Trinajstić information content (AvgIpc) is 2.38. The molecule has 2 rings (SSSR count). The van der Waals surface area contributed by atoms with Crippen molar-refractivity contribution in [1.82, 2.24) is 4.90 Å². The van der Waals surface area contributed by atoms with Crippen LogP contribution in [0.4, 0.5) is 4.79 Å². The minimum absolute atomic E-state index is 0.0614. The van der Waals surface area contributed by atoms with Gasteiger partial charge in [-0.1, -0.05) is 0 Å². The molecule has 1 aliphatic heterocycles. The molecule has 0 radical (unpaired) electrons. The number of hydrogen-bond donors (Lipinski definition) is 0. The predicted molar refractivity (Wildman–Crippen MR) is 59.0 cm³/mol. The van der Waals surface area contributed by atoms with Crippen molar-refractivity contribution >= 4 is 11.9 Å². The monoisotopic (exact) mass is 225 g/mol. The first kappa shape index (κ1) is 11.4. The minimum Gasteiger partial charge on any atom is -0.444 e. The van der Waals surface area contributed by atoms with Gasteiger partial charge in [0, 0.05) is 24.9 Å². The normalized spacial score (nSPS) is 29.4. The lowest BCUT2D eigenvalue weighted by molar-refractivity contribution is -0.127. The number of fused-ring (bicyclic) bond motifs is 2. The van der Waals surface area contributed by atoms with Crippen LogP contribution in [0.1, 0.15) is 33.6 Å². The molecule has 4 nitrogen and oxygen atoms in total. The van der Waals surface area contributed by atoms with Crippen molar-refractivity contribution < 1.29 is 14.3 Å². The second kappa shape index (κ2) is 3.75. The Morgan fingerprint density at radius 2 is 1.75 bits per heavy atom. The van der Waals surface area contributed by atoms with E-state index in [4.69, 9.17) is 4.74 Å². The average molecular weight is 225 g/mol. The van der Waals surface area contributed by atoms with Crippen molar-refractivity contribution in [3.8, 4) is 0 Å². The number of piperidine rings is 1. The van der Waals surface area contributed by atoms with Gasteiger partial charge in [0.15, 0.2) is 0 Å². The SMILES string of the molecule is CC(C)(C)OC(=O)N1CC2CC[C@@H](C1)C2=O. The Kier molecular flexibility index (Phi) is 2.68. The van der Waals surface area contributed by atoms with Crippen LogP contribution in [0, 0.1) is 11.8 Å². The van der Waals surface area contributed by atoms with E-state index in [-0.39, 0.29) is 17.9 Å². The topological polar surface area (TPSA) is 46.6 Å². The van der Waals surface area contributed by atoms with Gasteiger partial charge in [-0.15, -0.1) is 0 Å². The van der Waals surface area contributed by atoms with E-state index in [1.807, 2.05) is 20.8 Å². The van der Waals surface area contributed by atoms with Crippen LogP contribution in [0.3, 0.4) is 0 Å². The number of Topliss-reactive ketones (excluding diaryl/α,β-unsaturated/α-hetero) is 1. The molecule has 1 unspecified atom stereocenters. The summed E-state index contributed by atoms with van der Waals surface area (Å²) in [7, 11) is 0. The van der Waals surface area contributed by atoms with Crippen molar-refractivity contribution in [2.24, 2.45) is 11.8 Å². The summed E-state index contributed by atoms with van der Waals surface area (Å²) in [5.41, 5.74) is -0.461. The highest BCUT2D eigenvalue weighted by Gasteiger charge is 2.42. The first-order valence-corrected chi connectivity index (χ1v) is 5.88. The fourth-order valence-corrected chi connectivity index (χ4v) is 2.46. The summed E-state index contributed by atoms with van der Waals surface area (Å²) in [5.74, 6) is 0.470. The second-order valence-electron chi connectivity index (χ2n) is 5.76. The van der Waals surface area contributed by atoms with Crippen LogP contribution in [-0.4, -0.2) is 35.5 Å². The van der Waals surface area contributed by atoms with Crippen LogP contribution in [0.15, 0.2) is 0 Å². The number of ether oxygens (including phenoxy) is 1. The molecule has 2 atom stereocenters. The van der Waals surface area contributed by atoms with E-state index in [1.165, 1.54) is 0 Å². The molecule has 0 spiro atoms. The van der Waals surface area contributed by atoms with Crippen LogP contribution in [0.2, 0.25) is 0 Å². The molecular weight excluding hydrogens is 206 g/mol. The third-order valence-corrected chi connectivity index (χ3v) is 3.20. The van der Waals surface area contributed by atoms with Crippen LogP contribution < -0.4 is 0 Å². The molecule has 2 fully saturated rings. The number of ketones is 1. The molecule has 16 heavy (non-hydrogen) atoms. The fourth-order valence-electron chi connectivity index (χ4n) is 2.46. The number of carbonyl (C=O) groups is 2. The highest BCUT2D eigenvalue weighted by molar-refractivity contribution is 5.88. The molecule has 0 aromatic heterocycles. The van der Waals surface area contributed by atoms with E-state index in [9.17, 15) is 9.59 Å². The van der Waals surface area contributed by atoms with Gasteiger partial charge in [0.2, 0.25) is 0 Å². The van der Waals surface area contributed by atoms with E-state index in [0.29, 0.717) is 18.9 Å². The second-order valence-corrected chi connectivity index (χ2v) is 5.76. The third kappa shape index (κ3) is 2.20. The molecule has 1 aliphatic carbocycles. The zero-order chi connectivity index (χ0) is 11.9. The standard InChI is InChI=1S/C12H19NO3/c1-12(2,3)16-11(15)13-6-8-4-5-9(7-13)10(8)14/h8-9H,4-7H2,1-3H3/t8-,9?/m0/s1. The Morgan fingerprint density at radius 1 is 1.25 bits per heavy atom. The number of amides is 1. The number of rotatable bonds is 0. The molecule has 1 saturated heterocycles. The molecule has 0 N–H and O–H groups in total. The van der Waals surface area contributed by atoms with Gasteiger partial charge in [-0.25, -0.2) is 4.79 Å². The summed E-state index contributed by atoms with van der Waals surface area (Å²) >= 11 is 0. The Labute approximate surface area is 95.9 Å². The van der Waals surface area contributed by atoms with Crippen molar-refractivity contribution in [3.05, 3.63) is 0 Å². The maximum absolute atomic E-state index is 11.8. The fraction of sp³-hybridized carbons (Fsp3) is 0.833. The molecule has 4 heteroatoms. The summed E-state index contributed by atoms with van der Waals surface area (Å²) in [4.78, 5) is 25.2. The predicted octanol–water partition coefficient (Wildman–Crippen LogP) is 1.83. The van der Waals surface area contributed by atoms with E-state index < -0.39 is 5.60 Å². The van der Waals surface area contributed by atoms with Crippen molar-refractivity contribution in [2.75, 3.05) is 13.1 Å². The zero-order valence-electron chi connectivity index (χ0n) is 10.2. The maximum Gasteiger partial charge on any atom is 0.410 e. The van der Waals surface area contributed by atoms with Crippen molar-refractivity contribution in [3.63, 3.8) is 0 Å². The summed E-state index contributed by atoms with van der Waals surface area (Å²) < 4.78 is 5.31. The molecular formula is C12H19NO3. The summed E-state index contributed by atoms with van der Waals surface area (Å²) in [6.07, 6.45) is 1.59. The summed E-state index contributed by atoms with van der Waals surface area (Å²) in [5, 5.41) is 0. The molecule has 1 amide bonds. The van der Waals surface area contributed by atoms with Gasteiger partial charge in [0.05, 0.1) is 0 Å². The van der Waals surface area contributed by atoms with Crippen LogP contribution in [0.5, 0.6) is 0 Å². The molecule has 2 aliphatic rings. The van der Waals surface area contributed by atoms with Gasteiger partial charge in [-0.2, -0.15) is 0 Å². The van der Waals surface area contributed by atoms with Crippen LogP contribution >= 0.6 is 0 Å². The zero-order valence-corrected chi connectivity index (χ0v) is 10.2. The Hall–Kier alpha value is -1.06. The van der Waals surface area contributed by atoms with E-state index >= 15 is 0 Å². The summed E-state index contributed by atoms with van der Waals surface area (Å²) in [6, 6.07) is 0. The van der Waals surface area contributed by atoms with Gasteiger partial charge in [0.25, 0.3) is 0 Å². The van der Waals surface area contributed by atoms with Gasteiger partial charge in [-0.05, 0) is 33.6 Å². The highest BCUT2D eigenvalue weighted by Crippen LogP contribution is 2.33. The Balaban J connectivity index is 1.98. The quantitative estimate of drug-likeness (QED) is 0.632. The van der Waals surface area contributed by atoms with E-state index in [0.717, 1.165) is 12.8 Å². The molecule has 0 aromatic carbocycles. The van der Waals surface area contributed by atoms with Crippen LogP contribution in [-0.2, 0) is 9.53 Å². The third-order valence-electron chi connectivity index (χ3n) is 3.20. The van der Waals surface area contributed by atoms with Crippen molar-refractivity contribution in [2.45, 2.75) is 39.2 Å². The van der Waals surface area contributed by atoms with E-state index in [2.05, 4.69) is 0 Å². The number of nitrogens with zero attached hydrogens (tertiary/aromatic N) is 1. The maximum atomic E-state index is 11.8. The lowest BCUT2D eigenvalue weighted by Crippen LogP contribution is -2.47. The van der Waals surface area contributed by atoms with Crippen molar-refractivity contribution in [1.29, 1.82) is 0 Å². The Bertz CT molecular complexity index is 303. The largest absolute Gasteiger partial charge is 0.444 e. The highest BCUT2D eigenvalue weighted by atomic mass is 16.6. The van der Waals surface area contributed by atoms with Gasteiger partial charge in [0.1, 0.15) is 11.4 Å². The first-order chi connectivity index (χ1) is 7.37. The smallest absolute Gasteiger partial charge is 0.410 e. The Morgan fingerprint density at radius 3 is 2.19 bits per heavy atom. The van der Waals surface area contributed by atoms with Crippen LogP contribution in [0.25, 0.3) is 0 Å². The van der Waals surface area contributed by atoms with Gasteiger partial charge < -0.3 is 9.64 Å².